The lowest BCUT2D eigenvalue weighted by atomic mass is 10.2. The predicted octanol–water partition coefficient (Wildman–Crippen LogP) is 2.96. The second-order valence-corrected chi connectivity index (χ2v) is 3.93. The van der Waals surface area contributed by atoms with Crippen LogP contribution in [-0.2, 0) is 0 Å². The SMILES string of the molecule is Cc1ccc(NCCCCCCO)cc1. The maximum absolute atomic E-state index is 8.61. The monoisotopic (exact) mass is 207 g/mol. The van der Waals surface area contributed by atoms with Crippen LogP contribution in [0, 0.1) is 6.92 Å². The first-order valence-electron chi connectivity index (χ1n) is 5.74. The predicted molar refractivity (Wildman–Crippen MR) is 65.2 cm³/mol. The third-order valence-electron chi connectivity index (χ3n) is 2.47. The van der Waals surface area contributed by atoms with Gasteiger partial charge >= 0.3 is 0 Å². The molecule has 0 spiro atoms. The minimum absolute atomic E-state index is 0.325. The smallest absolute Gasteiger partial charge is 0.0431 e. The molecule has 15 heavy (non-hydrogen) atoms. The first-order chi connectivity index (χ1) is 7.33. The van der Waals surface area contributed by atoms with E-state index in [2.05, 4.69) is 36.5 Å². The molecule has 2 heteroatoms. The highest BCUT2D eigenvalue weighted by atomic mass is 16.2. The molecule has 1 aromatic rings. The molecule has 0 unspecified atom stereocenters. The van der Waals surface area contributed by atoms with Gasteiger partial charge in [-0.25, -0.2) is 0 Å². The molecular weight excluding hydrogens is 186 g/mol. The van der Waals surface area contributed by atoms with Crippen molar-refractivity contribution < 1.29 is 5.11 Å². The molecule has 2 nitrogen and oxygen atoms in total. The first-order valence-corrected chi connectivity index (χ1v) is 5.74. The third-order valence-corrected chi connectivity index (χ3v) is 2.47. The van der Waals surface area contributed by atoms with E-state index in [1.54, 1.807) is 0 Å². The molecular formula is C13H21NO. The van der Waals surface area contributed by atoms with Crippen molar-refractivity contribution >= 4 is 5.69 Å². The van der Waals surface area contributed by atoms with Crippen molar-refractivity contribution in [3.63, 3.8) is 0 Å². The normalized spacial score (nSPS) is 10.3. The summed E-state index contributed by atoms with van der Waals surface area (Å²) in [6.45, 7) is 3.44. The van der Waals surface area contributed by atoms with Crippen molar-refractivity contribution in [2.24, 2.45) is 0 Å². The summed E-state index contributed by atoms with van der Waals surface area (Å²) in [6, 6.07) is 8.47. The van der Waals surface area contributed by atoms with Gasteiger partial charge in [-0.1, -0.05) is 30.5 Å². The van der Waals surface area contributed by atoms with Crippen molar-refractivity contribution in [3.05, 3.63) is 29.8 Å². The van der Waals surface area contributed by atoms with E-state index in [-0.39, 0.29) is 0 Å². The number of unbranched alkanes of at least 4 members (excludes halogenated alkanes) is 3. The summed E-state index contributed by atoms with van der Waals surface area (Å²) < 4.78 is 0. The first kappa shape index (κ1) is 12.1. The number of anilines is 1. The summed E-state index contributed by atoms with van der Waals surface area (Å²) >= 11 is 0. The zero-order chi connectivity index (χ0) is 10.9. The molecule has 0 fully saturated rings. The van der Waals surface area contributed by atoms with Gasteiger partial charge in [0.15, 0.2) is 0 Å². The fourth-order valence-electron chi connectivity index (χ4n) is 1.49. The average Bonchev–Trinajstić information content (AvgIpc) is 2.26. The van der Waals surface area contributed by atoms with Crippen LogP contribution in [-0.4, -0.2) is 18.3 Å². The summed E-state index contributed by atoms with van der Waals surface area (Å²) in [5, 5.41) is 12.0. The molecule has 1 aromatic carbocycles. The fourth-order valence-corrected chi connectivity index (χ4v) is 1.49. The lowest BCUT2D eigenvalue weighted by molar-refractivity contribution is 0.283. The van der Waals surface area contributed by atoms with Gasteiger partial charge in [-0.2, -0.15) is 0 Å². The number of hydrogen-bond acceptors (Lipinski definition) is 2. The number of hydrogen-bond donors (Lipinski definition) is 2. The van der Waals surface area contributed by atoms with Crippen molar-refractivity contribution in [1.82, 2.24) is 0 Å². The van der Waals surface area contributed by atoms with E-state index in [4.69, 9.17) is 5.11 Å². The Morgan fingerprint density at radius 1 is 1.00 bits per heavy atom. The lowest BCUT2D eigenvalue weighted by Crippen LogP contribution is -2.01. The van der Waals surface area contributed by atoms with Gasteiger partial charge in [0.1, 0.15) is 0 Å². The van der Waals surface area contributed by atoms with Gasteiger partial charge in [0.05, 0.1) is 0 Å². The Morgan fingerprint density at radius 3 is 2.33 bits per heavy atom. The summed E-state index contributed by atoms with van der Waals surface area (Å²) in [6.07, 6.45) is 4.43. The zero-order valence-electron chi connectivity index (χ0n) is 9.50. The van der Waals surface area contributed by atoms with Crippen LogP contribution in [0.5, 0.6) is 0 Å². The van der Waals surface area contributed by atoms with Crippen molar-refractivity contribution in [2.45, 2.75) is 32.6 Å². The number of aliphatic hydroxyl groups is 1. The van der Waals surface area contributed by atoms with Gasteiger partial charge in [0.2, 0.25) is 0 Å². The Hall–Kier alpha value is -1.02. The molecule has 0 aliphatic heterocycles. The van der Waals surface area contributed by atoms with Crippen LogP contribution in [0.1, 0.15) is 31.2 Å². The molecule has 0 aromatic heterocycles. The second-order valence-electron chi connectivity index (χ2n) is 3.93. The van der Waals surface area contributed by atoms with Gasteiger partial charge in [-0.05, 0) is 31.9 Å². The maximum Gasteiger partial charge on any atom is 0.0431 e. The number of nitrogens with one attached hydrogen (secondary N) is 1. The minimum atomic E-state index is 0.325. The Labute approximate surface area is 92.3 Å². The van der Waals surface area contributed by atoms with Gasteiger partial charge in [0.25, 0.3) is 0 Å². The van der Waals surface area contributed by atoms with Crippen LogP contribution in [0.2, 0.25) is 0 Å². The molecule has 2 N–H and O–H groups in total. The van der Waals surface area contributed by atoms with Crippen LogP contribution < -0.4 is 5.32 Å². The van der Waals surface area contributed by atoms with E-state index in [9.17, 15) is 0 Å². The highest BCUT2D eigenvalue weighted by molar-refractivity contribution is 5.44. The number of aliphatic hydroxyl groups excluding tert-OH is 1. The topological polar surface area (TPSA) is 32.3 Å². The Morgan fingerprint density at radius 2 is 1.67 bits per heavy atom. The van der Waals surface area contributed by atoms with Crippen LogP contribution in [0.3, 0.4) is 0 Å². The number of benzene rings is 1. The largest absolute Gasteiger partial charge is 0.396 e. The maximum atomic E-state index is 8.61. The fraction of sp³-hybridized carbons (Fsp3) is 0.538. The highest BCUT2D eigenvalue weighted by Gasteiger charge is 1.91. The summed E-state index contributed by atoms with van der Waals surface area (Å²) in [4.78, 5) is 0. The van der Waals surface area contributed by atoms with Crippen LogP contribution in [0.25, 0.3) is 0 Å². The Bertz CT molecular complexity index is 256. The van der Waals surface area contributed by atoms with Crippen LogP contribution in [0.4, 0.5) is 5.69 Å². The van der Waals surface area contributed by atoms with Gasteiger partial charge < -0.3 is 10.4 Å². The molecule has 0 atom stereocenters. The zero-order valence-corrected chi connectivity index (χ0v) is 9.50. The molecule has 1 rings (SSSR count). The molecule has 0 bridgehead atoms. The molecule has 0 saturated carbocycles. The Balaban J connectivity index is 2.07. The van der Waals surface area contributed by atoms with Gasteiger partial charge in [-0.15, -0.1) is 0 Å². The third kappa shape index (κ3) is 5.43. The van der Waals surface area contributed by atoms with E-state index >= 15 is 0 Å². The highest BCUT2D eigenvalue weighted by Crippen LogP contribution is 2.09. The van der Waals surface area contributed by atoms with E-state index in [0.717, 1.165) is 19.4 Å². The van der Waals surface area contributed by atoms with E-state index in [1.807, 2.05) is 0 Å². The van der Waals surface area contributed by atoms with Crippen molar-refractivity contribution in [3.8, 4) is 0 Å². The Kier molecular flexibility index (Phi) is 5.86. The number of aryl methyl sites for hydroxylation is 1. The van der Waals surface area contributed by atoms with E-state index in [0.29, 0.717) is 6.61 Å². The summed E-state index contributed by atoms with van der Waals surface area (Å²) in [7, 11) is 0. The molecule has 0 aliphatic carbocycles. The number of rotatable bonds is 7. The minimum Gasteiger partial charge on any atom is -0.396 e. The molecule has 84 valence electrons. The van der Waals surface area contributed by atoms with E-state index in [1.165, 1.54) is 24.1 Å². The summed E-state index contributed by atoms with van der Waals surface area (Å²) in [5.74, 6) is 0. The van der Waals surface area contributed by atoms with Crippen molar-refractivity contribution in [2.75, 3.05) is 18.5 Å². The molecule has 0 heterocycles. The average molecular weight is 207 g/mol. The quantitative estimate of drug-likeness (QED) is 0.674. The van der Waals surface area contributed by atoms with Crippen LogP contribution in [0.15, 0.2) is 24.3 Å². The van der Waals surface area contributed by atoms with Crippen molar-refractivity contribution in [1.29, 1.82) is 0 Å². The molecule has 0 radical (unpaired) electrons. The standard InChI is InChI=1S/C13H21NO/c1-12-6-8-13(9-7-12)14-10-4-2-3-5-11-15/h6-9,14-15H,2-5,10-11H2,1H3. The molecule has 0 aliphatic rings. The second kappa shape index (κ2) is 7.30. The van der Waals surface area contributed by atoms with Crippen LogP contribution >= 0.6 is 0 Å². The summed E-state index contributed by atoms with van der Waals surface area (Å²) in [5.41, 5.74) is 2.49. The van der Waals surface area contributed by atoms with Gasteiger partial charge in [0, 0.05) is 18.8 Å². The van der Waals surface area contributed by atoms with E-state index < -0.39 is 0 Å². The van der Waals surface area contributed by atoms with Gasteiger partial charge in [-0.3, -0.25) is 0 Å². The lowest BCUT2D eigenvalue weighted by Gasteiger charge is -2.06. The molecule has 0 amide bonds. The molecule has 0 saturated heterocycles.